The third kappa shape index (κ3) is 33.4. The quantitative estimate of drug-likeness (QED) is 0.154. The molecule has 0 nitrogen and oxygen atoms in total. The van der Waals surface area contributed by atoms with Gasteiger partial charge in [-0.25, -0.2) is 0 Å². The summed E-state index contributed by atoms with van der Waals surface area (Å²) in [6, 6.07) is 0. The van der Waals surface area contributed by atoms with E-state index in [0.29, 0.717) is 12.3 Å². The van der Waals surface area contributed by atoms with E-state index in [4.69, 9.17) is 27.7 Å². The third-order valence-electron chi connectivity index (χ3n) is 0.435. The molecular weight excluding hydrogens is 239 g/mol. The van der Waals surface area contributed by atoms with Crippen molar-refractivity contribution >= 4 is 21.3 Å². The van der Waals surface area contributed by atoms with Crippen molar-refractivity contribution in [3.05, 3.63) is 6.42 Å². The zero-order chi connectivity index (χ0) is 6.83. The van der Waals surface area contributed by atoms with Crippen molar-refractivity contribution in [2.24, 2.45) is 0 Å². The van der Waals surface area contributed by atoms with Crippen molar-refractivity contribution in [2.75, 3.05) is 5.88 Å². The fourth-order valence-electron chi connectivity index (χ4n) is 0.155. The molecule has 0 unspecified atom stereocenters. The van der Waals surface area contributed by atoms with Gasteiger partial charge in [0.05, 0.1) is 0 Å². The summed E-state index contributed by atoms with van der Waals surface area (Å²) in [6.07, 6.45) is 7.98. The molecule has 0 N–H and O–H groups in total. The molecule has 0 saturated heterocycles. The van der Waals surface area contributed by atoms with Gasteiger partial charge in [-0.3, -0.25) is 0 Å². The van der Waals surface area contributed by atoms with Crippen LogP contribution in [0.2, 0.25) is 0 Å². The first-order valence-electron chi connectivity index (χ1n) is 2.14. The Morgan fingerprint density at radius 2 is 1.80 bits per heavy atom. The van der Waals surface area contributed by atoms with E-state index in [2.05, 4.69) is 5.92 Å². The molecule has 0 aromatic heterocycles. The van der Waals surface area contributed by atoms with Crippen LogP contribution in [0.15, 0.2) is 0 Å². The topological polar surface area (TPSA) is 0 Å². The van der Waals surface area contributed by atoms with E-state index in [1.165, 1.54) is 0 Å². The first kappa shape index (κ1) is 22.6. The van der Waals surface area contributed by atoms with E-state index < -0.39 is 0 Å². The molecule has 0 saturated carbocycles. The van der Waals surface area contributed by atoms with Crippen LogP contribution in [0.5, 0.6) is 0 Å². The SMILES string of the molecule is [C-]#CCCCCl.[Cl-].[Cl][Zn+].[Li+]. The van der Waals surface area contributed by atoms with Crippen LogP contribution in [-0.2, 0) is 17.3 Å². The summed E-state index contributed by atoms with van der Waals surface area (Å²) in [5, 5.41) is 0. The minimum absolute atomic E-state index is 0. The number of unbranched alkanes of at least 4 members (excludes halogenated alkanes) is 1. The molecule has 0 amide bonds. The predicted octanol–water partition coefficient (Wildman–Crippen LogP) is -3.71. The molecule has 0 aromatic rings. The Hall–Kier alpha value is 1.65. The zero-order valence-electron chi connectivity index (χ0n) is 5.96. The van der Waals surface area contributed by atoms with Crippen LogP contribution in [0.1, 0.15) is 12.8 Å². The molecule has 50 valence electrons. The molecule has 0 aromatic carbocycles. The van der Waals surface area contributed by atoms with Crippen molar-refractivity contribution in [3.63, 3.8) is 0 Å². The number of alkyl halides is 1. The summed E-state index contributed by atoms with van der Waals surface area (Å²) in [4.78, 5) is 0. The summed E-state index contributed by atoms with van der Waals surface area (Å²) < 4.78 is 0. The summed E-state index contributed by atoms with van der Waals surface area (Å²) in [5.41, 5.74) is 0. The van der Waals surface area contributed by atoms with Crippen LogP contribution in [0.25, 0.3) is 0 Å². The Balaban J connectivity index is -0.0000000412. The fourth-order valence-corrected chi connectivity index (χ4v) is 0.289. The van der Waals surface area contributed by atoms with E-state index in [1.54, 1.807) is 0 Å². The van der Waals surface area contributed by atoms with E-state index in [9.17, 15) is 0 Å². The van der Waals surface area contributed by atoms with Crippen molar-refractivity contribution in [3.8, 4) is 5.92 Å². The number of hydrogen-bond donors (Lipinski definition) is 0. The van der Waals surface area contributed by atoms with Gasteiger partial charge >= 0.3 is 45.9 Å². The summed E-state index contributed by atoms with van der Waals surface area (Å²) >= 11 is 6.10. The van der Waals surface area contributed by atoms with Gasteiger partial charge in [-0.15, -0.1) is 11.6 Å². The van der Waals surface area contributed by atoms with Crippen LogP contribution < -0.4 is 31.3 Å². The molecule has 0 aliphatic heterocycles. The van der Waals surface area contributed by atoms with Gasteiger partial charge in [0, 0.05) is 5.88 Å². The van der Waals surface area contributed by atoms with Gasteiger partial charge in [0.25, 0.3) is 0 Å². The van der Waals surface area contributed by atoms with Crippen molar-refractivity contribution in [2.45, 2.75) is 12.8 Å². The Labute approximate surface area is 100 Å². The fraction of sp³-hybridized carbons (Fsp3) is 0.600. The maximum Gasteiger partial charge on any atom is 1.00 e. The second-order valence-corrected chi connectivity index (χ2v) is 1.35. The average Bonchev–Trinajstić information content (AvgIpc) is 1.88. The Bertz CT molecular complexity index is 64.4. The van der Waals surface area contributed by atoms with E-state index in [1.807, 2.05) is 0 Å². The van der Waals surface area contributed by atoms with Crippen LogP contribution in [0.4, 0.5) is 0 Å². The number of halogens is 3. The molecule has 0 fully saturated rings. The summed E-state index contributed by atoms with van der Waals surface area (Å²) in [6.45, 7) is 0. The maximum atomic E-state index is 6.40. The number of rotatable bonds is 2. The van der Waals surface area contributed by atoms with Crippen LogP contribution in [0.3, 0.4) is 0 Å². The second-order valence-electron chi connectivity index (χ2n) is 0.969. The van der Waals surface area contributed by atoms with Gasteiger partial charge in [-0.2, -0.15) is 0 Å². The third-order valence-corrected chi connectivity index (χ3v) is 0.703. The van der Waals surface area contributed by atoms with Crippen molar-refractivity contribution in [1.82, 2.24) is 0 Å². The largest absolute Gasteiger partial charge is 1.00 e. The zero-order valence-corrected chi connectivity index (χ0v) is 11.2. The first-order chi connectivity index (χ1) is 3.91. The Kier molecular flexibility index (Phi) is 70.1. The monoisotopic (exact) mass is 242 g/mol. The van der Waals surface area contributed by atoms with Crippen molar-refractivity contribution in [1.29, 1.82) is 0 Å². The molecule has 0 bridgehead atoms. The minimum atomic E-state index is 0. The molecule has 10 heavy (non-hydrogen) atoms. The van der Waals surface area contributed by atoms with Gasteiger partial charge in [0.1, 0.15) is 0 Å². The van der Waals surface area contributed by atoms with Gasteiger partial charge < -0.3 is 24.8 Å². The first-order valence-corrected chi connectivity index (χ1v) is 6.57. The molecule has 0 heterocycles. The maximum absolute atomic E-state index is 6.40. The summed E-state index contributed by atoms with van der Waals surface area (Å²) in [7, 11) is 4.76. The average molecular weight is 245 g/mol. The standard InChI is InChI=1S/C5H6Cl.2ClH.Li.Zn/c1-2-3-4-5-6;;;;/h3-5H2;2*1H;;/q-1;;;+1;+2/p-2. The van der Waals surface area contributed by atoms with E-state index in [0.717, 1.165) is 23.7 Å². The number of hydrogen-bond acceptors (Lipinski definition) is 0. The predicted molar refractivity (Wildman–Crippen MR) is 32.9 cm³/mol. The molecule has 0 spiro atoms. The molecule has 0 radical (unpaired) electrons. The Morgan fingerprint density at radius 1 is 1.40 bits per heavy atom. The van der Waals surface area contributed by atoms with Crippen molar-refractivity contribution < 1.29 is 48.6 Å². The normalized spacial score (nSPS) is 5.10. The van der Waals surface area contributed by atoms with Crippen LogP contribution in [-0.4, -0.2) is 5.88 Å². The van der Waals surface area contributed by atoms with Gasteiger partial charge in [0.15, 0.2) is 0 Å². The second kappa shape index (κ2) is 31.1. The van der Waals surface area contributed by atoms with Crippen LogP contribution in [0, 0.1) is 12.3 Å². The van der Waals surface area contributed by atoms with Gasteiger partial charge in [-0.1, -0.05) is 0 Å². The molecule has 5 heteroatoms. The Morgan fingerprint density at radius 3 is 1.90 bits per heavy atom. The molecule has 0 aliphatic rings. The van der Waals surface area contributed by atoms with E-state index >= 15 is 0 Å². The molecular formula is C5H6Cl3LiZn. The molecule has 0 atom stereocenters. The van der Waals surface area contributed by atoms with Crippen LogP contribution >= 0.6 is 21.3 Å². The van der Waals surface area contributed by atoms with E-state index in [-0.39, 0.29) is 31.3 Å². The minimum Gasteiger partial charge on any atom is 1.00 e. The smallest absolute Gasteiger partial charge is 1.00 e. The van der Waals surface area contributed by atoms with Gasteiger partial charge in [-0.05, 0) is 12.8 Å². The summed E-state index contributed by atoms with van der Waals surface area (Å²) in [5.74, 6) is 2.88. The molecule has 0 aliphatic carbocycles. The van der Waals surface area contributed by atoms with Gasteiger partial charge in [0.2, 0.25) is 0 Å². The molecule has 0 rings (SSSR count).